The van der Waals surface area contributed by atoms with Crippen molar-refractivity contribution in [3.8, 4) is 0 Å². The Hall–Kier alpha value is -0.510. The van der Waals surface area contributed by atoms with Crippen LogP contribution in [0.4, 0.5) is 0 Å². The first-order valence-corrected chi connectivity index (χ1v) is 7.71. The minimum Gasteiger partial charge on any atom is -0.330 e. The van der Waals surface area contributed by atoms with E-state index in [1.807, 2.05) is 11.8 Å². The van der Waals surface area contributed by atoms with E-state index in [0.29, 0.717) is 12.0 Å². The number of benzene rings is 1. The molecular weight excluding hydrogens is 240 g/mol. The van der Waals surface area contributed by atoms with Gasteiger partial charge < -0.3 is 10.6 Å². The molecule has 0 aromatic heterocycles. The van der Waals surface area contributed by atoms with E-state index in [9.17, 15) is 0 Å². The smallest absolute Gasteiger partial charge is 0.0382 e. The van der Waals surface area contributed by atoms with E-state index in [1.54, 1.807) is 0 Å². The van der Waals surface area contributed by atoms with Crippen LogP contribution in [0.15, 0.2) is 29.2 Å². The van der Waals surface area contributed by atoms with Crippen LogP contribution in [0.25, 0.3) is 0 Å². The quantitative estimate of drug-likeness (QED) is 0.767. The minimum atomic E-state index is 0.417. The van der Waals surface area contributed by atoms with Gasteiger partial charge in [-0.25, -0.2) is 0 Å². The van der Waals surface area contributed by atoms with Gasteiger partial charge in [-0.2, -0.15) is 0 Å². The van der Waals surface area contributed by atoms with E-state index in [1.165, 1.54) is 10.5 Å². The fourth-order valence-electron chi connectivity index (χ4n) is 2.44. The molecule has 2 nitrogen and oxygen atoms in total. The molecule has 3 heteroatoms. The number of nitrogens with two attached hydrogens (primary N) is 1. The molecule has 102 valence electrons. The second kappa shape index (κ2) is 7.82. The topological polar surface area (TPSA) is 29.3 Å². The minimum absolute atomic E-state index is 0.417. The zero-order valence-corrected chi connectivity index (χ0v) is 12.8. The van der Waals surface area contributed by atoms with Crippen molar-refractivity contribution in [3.05, 3.63) is 29.8 Å². The molecule has 0 radical (unpaired) electrons. The first-order valence-electron chi connectivity index (χ1n) is 6.73. The van der Waals surface area contributed by atoms with Crippen molar-refractivity contribution in [3.63, 3.8) is 0 Å². The largest absolute Gasteiger partial charge is 0.330 e. The highest BCUT2D eigenvalue weighted by Crippen LogP contribution is 2.30. The lowest BCUT2D eigenvalue weighted by molar-refractivity contribution is 0.211. The van der Waals surface area contributed by atoms with Crippen molar-refractivity contribution >= 4 is 11.8 Å². The third-order valence-electron chi connectivity index (χ3n) is 3.36. The summed E-state index contributed by atoms with van der Waals surface area (Å²) < 4.78 is 0. The molecule has 0 heterocycles. The molecule has 1 rings (SSSR count). The number of thioether (sulfide) groups is 1. The van der Waals surface area contributed by atoms with Gasteiger partial charge in [0.05, 0.1) is 0 Å². The maximum atomic E-state index is 5.91. The van der Waals surface area contributed by atoms with Gasteiger partial charge in [-0.05, 0) is 50.0 Å². The maximum absolute atomic E-state index is 5.91. The molecular formula is C15H26N2S. The van der Waals surface area contributed by atoms with Crippen molar-refractivity contribution in [1.82, 2.24) is 4.90 Å². The fourth-order valence-corrected chi connectivity index (χ4v) is 3.10. The predicted molar refractivity (Wildman–Crippen MR) is 82.1 cm³/mol. The summed E-state index contributed by atoms with van der Waals surface area (Å²) in [6.07, 6.45) is 1.12. The van der Waals surface area contributed by atoms with Crippen molar-refractivity contribution in [1.29, 1.82) is 0 Å². The molecule has 2 unspecified atom stereocenters. The Labute approximate surface area is 116 Å². The number of rotatable bonds is 7. The van der Waals surface area contributed by atoms with E-state index in [2.05, 4.69) is 57.1 Å². The summed E-state index contributed by atoms with van der Waals surface area (Å²) in [7, 11) is 4.27. The average Bonchev–Trinajstić information content (AvgIpc) is 2.37. The number of hydrogen-bond acceptors (Lipinski definition) is 3. The van der Waals surface area contributed by atoms with Crippen LogP contribution in [0, 0.1) is 5.92 Å². The summed E-state index contributed by atoms with van der Waals surface area (Å²) in [5.74, 6) is 1.64. The molecule has 18 heavy (non-hydrogen) atoms. The molecule has 0 aliphatic heterocycles. The SMILES string of the molecule is CCSc1ccc(C(C(CC)CN)N(C)C)cc1. The Kier molecular flexibility index (Phi) is 6.76. The molecule has 2 atom stereocenters. The zero-order chi connectivity index (χ0) is 13.5. The predicted octanol–water partition coefficient (Wildman–Crippen LogP) is 3.39. The molecule has 0 saturated heterocycles. The first kappa shape index (κ1) is 15.5. The van der Waals surface area contributed by atoms with Crippen LogP contribution in [0.1, 0.15) is 31.9 Å². The van der Waals surface area contributed by atoms with Crippen molar-refractivity contribution in [2.24, 2.45) is 11.7 Å². The Bertz CT molecular complexity index is 331. The summed E-state index contributed by atoms with van der Waals surface area (Å²) >= 11 is 1.89. The van der Waals surface area contributed by atoms with Crippen LogP contribution < -0.4 is 5.73 Å². The van der Waals surface area contributed by atoms with Gasteiger partial charge in [0.1, 0.15) is 0 Å². The molecule has 0 spiro atoms. The lowest BCUT2D eigenvalue weighted by Crippen LogP contribution is -2.31. The van der Waals surface area contributed by atoms with Crippen LogP contribution in [-0.4, -0.2) is 31.3 Å². The van der Waals surface area contributed by atoms with Crippen LogP contribution in [0.5, 0.6) is 0 Å². The first-order chi connectivity index (χ1) is 8.63. The lowest BCUT2D eigenvalue weighted by Gasteiger charge is -2.31. The van der Waals surface area contributed by atoms with Crippen LogP contribution in [-0.2, 0) is 0 Å². The number of nitrogens with zero attached hydrogens (tertiary/aromatic N) is 1. The van der Waals surface area contributed by atoms with E-state index < -0.39 is 0 Å². The standard InChI is InChI=1S/C15H26N2S/c1-5-12(11-16)15(17(3)4)13-7-9-14(10-8-13)18-6-2/h7-10,12,15H,5-6,11,16H2,1-4H3. The lowest BCUT2D eigenvalue weighted by atomic mass is 9.90. The highest BCUT2D eigenvalue weighted by molar-refractivity contribution is 7.99. The number of hydrogen-bond donors (Lipinski definition) is 1. The Morgan fingerprint density at radius 2 is 1.78 bits per heavy atom. The third-order valence-corrected chi connectivity index (χ3v) is 4.26. The Morgan fingerprint density at radius 3 is 2.17 bits per heavy atom. The van der Waals surface area contributed by atoms with Gasteiger partial charge in [0, 0.05) is 10.9 Å². The molecule has 1 aromatic rings. The van der Waals surface area contributed by atoms with E-state index in [-0.39, 0.29) is 0 Å². The molecule has 0 aliphatic carbocycles. The van der Waals surface area contributed by atoms with E-state index in [0.717, 1.165) is 18.7 Å². The van der Waals surface area contributed by atoms with Crippen molar-refractivity contribution in [2.45, 2.75) is 31.2 Å². The third kappa shape index (κ3) is 4.01. The van der Waals surface area contributed by atoms with Gasteiger partial charge in [0.2, 0.25) is 0 Å². The van der Waals surface area contributed by atoms with Gasteiger partial charge in [-0.15, -0.1) is 11.8 Å². The van der Waals surface area contributed by atoms with Gasteiger partial charge in [-0.1, -0.05) is 32.4 Å². The molecule has 1 aromatic carbocycles. The highest BCUT2D eigenvalue weighted by Gasteiger charge is 2.22. The molecule has 0 amide bonds. The maximum Gasteiger partial charge on any atom is 0.0382 e. The molecule has 0 aliphatic rings. The monoisotopic (exact) mass is 266 g/mol. The van der Waals surface area contributed by atoms with Crippen LogP contribution in [0.2, 0.25) is 0 Å². The molecule has 2 N–H and O–H groups in total. The van der Waals surface area contributed by atoms with Gasteiger partial charge in [0.15, 0.2) is 0 Å². The van der Waals surface area contributed by atoms with E-state index >= 15 is 0 Å². The normalized spacial score (nSPS) is 14.8. The van der Waals surface area contributed by atoms with Crippen LogP contribution >= 0.6 is 11.8 Å². The Balaban J connectivity index is 2.92. The average molecular weight is 266 g/mol. The van der Waals surface area contributed by atoms with Gasteiger partial charge in [0.25, 0.3) is 0 Å². The van der Waals surface area contributed by atoms with Crippen LogP contribution in [0.3, 0.4) is 0 Å². The van der Waals surface area contributed by atoms with E-state index in [4.69, 9.17) is 5.73 Å². The summed E-state index contributed by atoms with van der Waals surface area (Å²) in [6.45, 7) is 5.14. The summed E-state index contributed by atoms with van der Waals surface area (Å²) in [5.41, 5.74) is 7.28. The molecule has 0 saturated carbocycles. The fraction of sp³-hybridized carbons (Fsp3) is 0.600. The van der Waals surface area contributed by atoms with Crippen molar-refractivity contribution < 1.29 is 0 Å². The summed E-state index contributed by atoms with van der Waals surface area (Å²) in [5, 5.41) is 0. The van der Waals surface area contributed by atoms with Gasteiger partial charge in [-0.3, -0.25) is 0 Å². The molecule has 0 bridgehead atoms. The van der Waals surface area contributed by atoms with Crippen molar-refractivity contribution in [2.75, 3.05) is 26.4 Å². The summed E-state index contributed by atoms with van der Waals surface area (Å²) in [6, 6.07) is 9.37. The molecule has 0 fully saturated rings. The van der Waals surface area contributed by atoms with Gasteiger partial charge >= 0.3 is 0 Å². The summed E-state index contributed by atoms with van der Waals surface area (Å²) in [4.78, 5) is 3.63. The zero-order valence-electron chi connectivity index (χ0n) is 12.0. The highest BCUT2D eigenvalue weighted by atomic mass is 32.2. The Morgan fingerprint density at radius 1 is 1.17 bits per heavy atom. The second-order valence-electron chi connectivity index (χ2n) is 4.81. The second-order valence-corrected chi connectivity index (χ2v) is 6.15.